The number of nitrogens with zero attached hydrogens (tertiary/aromatic N) is 3. The first kappa shape index (κ1) is 23.0. The molecule has 0 bridgehead atoms. The fourth-order valence-corrected chi connectivity index (χ4v) is 5.59. The SMILES string of the molecule is Cc1cc(N2C(=O)c3oc4ccc(F)cc4c(=O)c3C23C(=O)N(Cc2ccccc2F)c2ccccc23)no1. The van der Waals surface area contributed by atoms with Gasteiger partial charge in [0.25, 0.3) is 11.8 Å². The number of halogens is 2. The summed E-state index contributed by atoms with van der Waals surface area (Å²) in [6.07, 6.45) is 0. The van der Waals surface area contributed by atoms with Gasteiger partial charge >= 0.3 is 0 Å². The van der Waals surface area contributed by atoms with E-state index in [1.807, 2.05) is 0 Å². The third-order valence-corrected chi connectivity index (χ3v) is 7.22. The van der Waals surface area contributed by atoms with Crippen molar-refractivity contribution < 1.29 is 27.3 Å². The number of amides is 2. The second-order valence-corrected chi connectivity index (χ2v) is 9.42. The van der Waals surface area contributed by atoms with Gasteiger partial charge in [0.2, 0.25) is 5.76 Å². The molecule has 0 saturated carbocycles. The summed E-state index contributed by atoms with van der Waals surface area (Å²) in [5.74, 6) is -2.71. The second kappa shape index (κ2) is 7.94. The number of para-hydroxylation sites is 1. The van der Waals surface area contributed by atoms with Crippen LogP contribution in [0.5, 0.6) is 0 Å². The van der Waals surface area contributed by atoms with Gasteiger partial charge < -0.3 is 13.8 Å². The lowest BCUT2D eigenvalue weighted by atomic mass is 9.84. The Kier molecular flexibility index (Phi) is 4.69. The van der Waals surface area contributed by atoms with Crippen LogP contribution >= 0.6 is 0 Å². The normalized spacial score (nSPS) is 17.9. The highest BCUT2D eigenvalue weighted by Crippen LogP contribution is 2.54. The van der Waals surface area contributed by atoms with Crippen LogP contribution in [0.15, 0.2) is 86.5 Å². The van der Waals surface area contributed by atoms with Gasteiger partial charge in [-0.2, -0.15) is 0 Å². The lowest BCUT2D eigenvalue weighted by Gasteiger charge is -2.32. The first-order chi connectivity index (χ1) is 18.8. The first-order valence-corrected chi connectivity index (χ1v) is 12.0. The van der Waals surface area contributed by atoms with Crippen molar-refractivity contribution in [2.45, 2.75) is 19.0 Å². The van der Waals surface area contributed by atoms with E-state index < -0.39 is 34.4 Å². The predicted molar refractivity (Wildman–Crippen MR) is 135 cm³/mol. The molecule has 2 aliphatic heterocycles. The molecule has 0 N–H and O–H groups in total. The number of rotatable bonds is 3. The average molecular weight is 525 g/mol. The first-order valence-electron chi connectivity index (χ1n) is 12.0. The standard InChI is InChI=1S/C29H17F2N3O5/c1-15-12-23(32-39-15)34-27(36)26-24(25(35)18-13-17(30)10-11-22(18)38-26)29(34)19-7-3-5-9-21(19)33(28(29)37)14-16-6-2-4-8-20(16)31/h2-13H,14H2,1H3. The number of carbonyl (C=O) groups excluding carboxylic acids is 2. The van der Waals surface area contributed by atoms with Gasteiger partial charge in [0.1, 0.15) is 23.0 Å². The van der Waals surface area contributed by atoms with Crippen molar-refractivity contribution in [2.24, 2.45) is 0 Å². The van der Waals surface area contributed by atoms with Crippen molar-refractivity contribution in [3.63, 3.8) is 0 Å². The average Bonchev–Trinajstić information content (AvgIpc) is 3.54. The maximum atomic E-state index is 14.7. The molecule has 1 spiro atoms. The molecule has 7 rings (SSSR count). The summed E-state index contributed by atoms with van der Waals surface area (Å²) in [7, 11) is 0. The van der Waals surface area contributed by atoms with Crippen LogP contribution in [0, 0.1) is 18.6 Å². The van der Waals surface area contributed by atoms with E-state index in [2.05, 4.69) is 5.16 Å². The molecular formula is C29H17F2N3O5. The minimum atomic E-state index is -2.06. The van der Waals surface area contributed by atoms with Gasteiger partial charge in [-0.3, -0.25) is 19.3 Å². The van der Waals surface area contributed by atoms with Gasteiger partial charge in [-0.05, 0) is 37.3 Å². The summed E-state index contributed by atoms with van der Waals surface area (Å²) in [6.45, 7) is 1.44. The van der Waals surface area contributed by atoms with Crippen LogP contribution in [0.25, 0.3) is 11.0 Å². The Labute approximate surface area is 218 Å². The number of benzene rings is 3. The van der Waals surface area contributed by atoms with Crippen molar-refractivity contribution in [1.82, 2.24) is 5.16 Å². The largest absolute Gasteiger partial charge is 0.450 e. The van der Waals surface area contributed by atoms with Crippen LogP contribution in [0.3, 0.4) is 0 Å². The van der Waals surface area contributed by atoms with Crippen molar-refractivity contribution in [3.05, 3.63) is 123 Å². The zero-order valence-electron chi connectivity index (χ0n) is 20.3. The number of carbonyl (C=O) groups is 2. The number of fused-ring (bicyclic) bond motifs is 5. The molecule has 5 aromatic rings. The van der Waals surface area contributed by atoms with Gasteiger partial charge in [-0.25, -0.2) is 8.78 Å². The quantitative estimate of drug-likeness (QED) is 0.335. The zero-order chi connectivity index (χ0) is 27.1. The Hall–Kier alpha value is -5.12. The van der Waals surface area contributed by atoms with E-state index in [1.54, 1.807) is 43.3 Å². The van der Waals surface area contributed by atoms with E-state index in [4.69, 9.17) is 8.94 Å². The molecule has 0 radical (unpaired) electrons. The summed E-state index contributed by atoms with van der Waals surface area (Å²) in [5, 5.41) is 3.86. The Balaban J connectivity index is 1.57. The van der Waals surface area contributed by atoms with Crippen LogP contribution < -0.4 is 15.2 Å². The van der Waals surface area contributed by atoms with Crippen molar-refractivity contribution in [3.8, 4) is 0 Å². The highest BCUT2D eigenvalue weighted by Gasteiger charge is 2.66. The van der Waals surface area contributed by atoms with Gasteiger partial charge in [0.05, 0.1) is 23.2 Å². The number of anilines is 2. The van der Waals surface area contributed by atoms with Crippen LogP contribution in [-0.4, -0.2) is 17.0 Å². The Morgan fingerprint density at radius 3 is 2.49 bits per heavy atom. The van der Waals surface area contributed by atoms with E-state index in [9.17, 15) is 23.2 Å². The van der Waals surface area contributed by atoms with Gasteiger partial charge in [-0.1, -0.05) is 41.6 Å². The molecule has 1 atom stereocenters. The molecule has 39 heavy (non-hydrogen) atoms. The van der Waals surface area contributed by atoms with Crippen molar-refractivity contribution in [2.75, 3.05) is 9.80 Å². The zero-order valence-corrected chi connectivity index (χ0v) is 20.3. The lowest BCUT2D eigenvalue weighted by molar-refractivity contribution is -0.121. The van der Waals surface area contributed by atoms with Gasteiger partial charge in [-0.15, -0.1) is 0 Å². The second-order valence-electron chi connectivity index (χ2n) is 9.42. The molecule has 0 aliphatic carbocycles. The fourth-order valence-electron chi connectivity index (χ4n) is 5.59. The number of aryl methyl sites for hydroxylation is 1. The molecule has 8 nitrogen and oxygen atoms in total. The minimum absolute atomic E-state index is 0.0104. The van der Waals surface area contributed by atoms with Crippen LogP contribution in [0.4, 0.5) is 20.3 Å². The highest BCUT2D eigenvalue weighted by atomic mass is 19.1. The van der Waals surface area contributed by atoms with Crippen LogP contribution in [0.2, 0.25) is 0 Å². The Morgan fingerprint density at radius 1 is 0.949 bits per heavy atom. The molecule has 2 aromatic heterocycles. The van der Waals surface area contributed by atoms with E-state index in [-0.39, 0.29) is 40.2 Å². The summed E-state index contributed by atoms with van der Waals surface area (Å²) in [4.78, 5) is 45.1. The van der Waals surface area contributed by atoms with E-state index >= 15 is 0 Å². The molecule has 4 heterocycles. The Bertz CT molecular complexity index is 1930. The number of aromatic nitrogens is 1. The topological polar surface area (TPSA) is 96.9 Å². The van der Waals surface area contributed by atoms with Gasteiger partial charge in [0.15, 0.2) is 16.8 Å². The molecule has 0 saturated heterocycles. The molecule has 1 unspecified atom stereocenters. The van der Waals surface area contributed by atoms with Crippen LogP contribution in [-0.2, 0) is 16.9 Å². The summed E-state index contributed by atoms with van der Waals surface area (Å²) >= 11 is 0. The molecule has 10 heteroatoms. The molecule has 2 amide bonds. The number of hydrogen-bond acceptors (Lipinski definition) is 6. The third-order valence-electron chi connectivity index (χ3n) is 7.22. The third kappa shape index (κ3) is 2.96. The summed E-state index contributed by atoms with van der Waals surface area (Å²) in [6, 6.07) is 17.5. The highest BCUT2D eigenvalue weighted by molar-refractivity contribution is 6.24. The Morgan fingerprint density at radius 2 is 1.72 bits per heavy atom. The lowest BCUT2D eigenvalue weighted by Crippen LogP contribution is -2.53. The maximum Gasteiger partial charge on any atom is 0.297 e. The van der Waals surface area contributed by atoms with E-state index in [0.29, 0.717) is 17.0 Å². The van der Waals surface area contributed by atoms with Crippen molar-refractivity contribution >= 4 is 34.3 Å². The molecule has 3 aromatic carbocycles. The molecule has 2 aliphatic rings. The van der Waals surface area contributed by atoms with E-state index in [1.165, 1.54) is 29.2 Å². The predicted octanol–water partition coefficient (Wildman–Crippen LogP) is 4.82. The van der Waals surface area contributed by atoms with E-state index in [0.717, 1.165) is 17.0 Å². The van der Waals surface area contributed by atoms with Gasteiger partial charge in [0, 0.05) is 17.2 Å². The molecule has 0 fully saturated rings. The van der Waals surface area contributed by atoms with Crippen LogP contribution in [0.1, 0.15) is 33.0 Å². The summed E-state index contributed by atoms with van der Waals surface area (Å²) in [5.41, 5.74) is -2.17. The smallest absolute Gasteiger partial charge is 0.297 e. The van der Waals surface area contributed by atoms with Crippen molar-refractivity contribution in [1.29, 1.82) is 0 Å². The maximum absolute atomic E-state index is 14.7. The number of hydrogen-bond donors (Lipinski definition) is 0. The monoisotopic (exact) mass is 525 g/mol. The summed E-state index contributed by atoms with van der Waals surface area (Å²) < 4.78 is 40.1. The fraction of sp³-hybridized carbons (Fsp3) is 0.103. The molecular weight excluding hydrogens is 508 g/mol. The minimum Gasteiger partial charge on any atom is -0.450 e. The molecule has 192 valence electrons.